The van der Waals surface area contributed by atoms with Gasteiger partial charge in [0.25, 0.3) is 12.3 Å². The fraction of sp³-hybridized carbons (Fsp3) is 0.286. The Hall–Kier alpha value is -3.67. The molecule has 2 amide bonds. The number of carbonyl (C=O) groups excluding carboxylic acids is 2. The summed E-state index contributed by atoms with van der Waals surface area (Å²) in [6.07, 6.45) is 0.480. The van der Waals surface area contributed by atoms with Gasteiger partial charge in [-0.25, -0.2) is 13.8 Å². The molecule has 0 unspecified atom stereocenters. The molecule has 0 aromatic carbocycles. The molecule has 0 spiro atoms. The SMILES string of the molecule is CCn1cc(-c2cc(C(F)F)nc3sc(C(N)=O)c(NC(=O)Cn4nccc4C)c23)c(C)n1. The van der Waals surface area contributed by atoms with Gasteiger partial charge in [0, 0.05) is 35.6 Å². The number of amides is 2. The van der Waals surface area contributed by atoms with E-state index in [1.165, 1.54) is 10.7 Å². The van der Waals surface area contributed by atoms with Crippen molar-refractivity contribution in [1.82, 2.24) is 24.5 Å². The average molecular weight is 474 g/mol. The largest absolute Gasteiger partial charge is 0.365 e. The van der Waals surface area contributed by atoms with Crippen LogP contribution in [0, 0.1) is 13.8 Å². The maximum absolute atomic E-state index is 13.6. The van der Waals surface area contributed by atoms with Gasteiger partial charge in [0.1, 0.15) is 21.9 Å². The van der Waals surface area contributed by atoms with E-state index in [2.05, 4.69) is 20.5 Å². The number of rotatable bonds is 7. The number of hydrogen-bond donors (Lipinski definition) is 2. The Morgan fingerprint density at radius 1 is 1.27 bits per heavy atom. The Morgan fingerprint density at radius 2 is 2.03 bits per heavy atom. The first-order chi connectivity index (χ1) is 15.7. The zero-order valence-electron chi connectivity index (χ0n) is 18.1. The second-order valence-corrected chi connectivity index (χ2v) is 8.41. The molecule has 0 saturated heterocycles. The maximum Gasteiger partial charge on any atom is 0.280 e. The molecule has 0 atom stereocenters. The van der Waals surface area contributed by atoms with Gasteiger partial charge in [-0.3, -0.25) is 19.0 Å². The third-order valence-electron chi connectivity index (χ3n) is 5.18. The highest BCUT2D eigenvalue weighted by atomic mass is 32.1. The van der Waals surface area contributed by atoms with E-state index < -0.39 is 23.9 Å². The van der Waals surface area contributed by atoms with Crippen molar-refractivity contribution >= 4 is 39.1 Å². The summed E-state index contributed by atoms with van der Waals surface area (Å²) >= 11 is 0.861. The quantitative estimate of drug-likeness (QED) is 0.424. The number of fused-ring (bicyclic) bond motifs is 1. The highest BCUT2D eigenvalue weighted by Gasteiger charge is 2.26. The number of anilines is 1. The van der Waals surface area contributed by atoms with Gasteiger partial charge in [0.2, 0.25) is 5.91 Å². The zero-order chi connectivity index (χ0) is 23.9. The predicted octanol–water partition coefficient (Wildman–Crippen LogP) is 3.67. The Balaban J connectivity index is 1.91. The number of hydrogen-bond acceptors (Lipinski definition) is 6. The maximum atomic E-state index is 13.6. The molecular formula is C21H21F2N7O2S. The van der Waals surface area contributed by atoms with Crippen LogP contribution in [0.5, 0.6) is 0 Å². The molecule has 4 aromatic heterocycles. The third-order valence-corrected chi connectivity index (χ3v) is 6.27. The molecule has 12 heteroatoms. The van der Waals surface area contributed by atoms with Gasteiger partial charge in [-0.2, -0.15) is 10.2 Å². The minimum atomic E-state index is -2.82. The lowest BCUT2D eigenvalue weighted by Crippen LogP contribution is -2.22. The number of alkyl halides is 2. The molecule has 0 aliphatic heterocycles. The lowest BCUT2D eigenvalue weighted by molar-refractivity contribution is -0.116. The van der Waals surface area contributed by atoms with Crippen LogP contribution < -0.4 is 11.1 Å². The molecule has 4 aromatic rings. The Labute approximate surface area is 191 Å². The summed E-state index contributed by atoms with van der Waals surface area (Å²) in [6, 6.07) is 3.02. The summed E-state index contributed by atoms with van der Waals surface area (Å²) in [4.78, 5) is 29.3. The number of nitrogens with two attached hydrogens (primary N) is 1. The van der Waals surface area contributed by atoms with Crippen molar-refractivity contribution in [1.29, 1.82) is 0 Å². The van der Waals surface area contributed by atoms with Crippen LogP contribution in [-0.4, -0.2) is 36.4 Å². The van der Waals surface area contributed by atoms with E-state index in [4.69, 9.17) is 5.73 Å². The molecular weight excluding hydrogens is 452 g/mol. The molecule has 0 radical (unpaired) electrons. The summed E-state index contributed by atoms with van der Waals surface area (Å²) < 4.78 is 30.5. The van der Waals surface area contributed by atoms with Crippen LogP contribution >= 0.6 is 11.3 Å². The van der Waals surface area contributed by atoms with Crippen molar-refractivity contribution in [3.8, 4) is 11.1 Å². The second-order valence-electron chi connectivity index (χ2n) is 7.41. The van der Waals surface area contributed by atoms with E-state index in [0.29, 0.717) is 28.8 Å². The smallest absolute Gasteiger partial charge is 0.280 e. The first-order valence-electron chi connectivity index (χ1n) is 10.1. The summed E-state index contributed by atoms with van der Waals surface area (Å²) in [5.41, 5.74) is 7.65. The Bertz CT molecular complexity index is 1370. The molecule has 4 heterocycles. The normalized spacial score (nSPS) is 11.5. The summed E-state index contributed by atoms with van der Waals surface area (Å²) in [5, 5.41) is 11.6. The fourth-order valence-corrected chi connectivity index (χ4v) is 4.57. The van der Waals surface area contributed by atoms with E-state index in [9.17, 15) is 18.4 Å². The number of primary amides is 1. The zero-order valence-corrected chi connectivity index (χ0v) is 18.9. The number of thiophene rings is 1. The lowest BCUT2D eigenvalue weighted by atomic mass is 10.0. The van der Waals surface area contributed by atoms with Gasteiger partial charge < -0.3 is 11.1 Å². The third kappa shape index (κ3) is 4.21. The molecule has 0 fully saturated rings. The van der Waals surface area contributed by atoms with E-state index in [-0.39, 0.29) is 21.9 Å². The molecule has 0 aliphatic rings. The molecule has 0 saturated carbocycles. The number of nitrogens with zero attached hydrogens (tertiary/aromatic N) is 5. The first-order valence-corrected chi connectivity index (χ1v) is 10.9. The molecule has 4 rings (SSSR count). The van der Waals surface area contributed by atoms with Gasteiger partial charge in [0.15, 0.2) is 0 Å². The summed E-state index contributed by atoms with van der Waals surface area (Å²) in [6.45, 7) is 5.95. The van der Waals surface area contributed by atoms with Crippen molar-refractivity contribution in [3.05, 3.63) is 46.5 Å². The van der Waals surface area contributed by atoms with Crippen molar-refractivity contribution < 1.29 is 18.4 Å². The van der Waals surface area contributed by atoms with Crippen LogP contribution in [0.25, 0.3) is 21.3 Å². The first kappa shape index (κ1) is 22.5. The Kier molecular flexibility index (Phi) is 5.93. The number of aryl methyl sites for hydroxylation is 3. The van der Waals surface area contributed by atoms with Crippen molar-refractivity contribution in [2.45, 2.75) is 40.3 Å². The highest BCUT2D eigenvalue weighted by Crippen LogP contribution is 2.43. The van der Waals surface area contributed by atoms with Gasteiger partial charge in [-0.1, -0.05) is 0 Å². The number of nitrogens with one attached hydrogen (secondary N) is 1. The Morgan fingerprint density at radius 3 is 2.61 bits per heavy atom. The van der Waals surface area contributed by atoms with Gasteiger partial charge in [0.05, 0.1) is 11.4 Å². The van der Waals surface area contributed by atoms with Crippen LogP contribution in [0.3, 0.4) is 0 Å². The minimum absolute atomic E-state index is 0.0243. The van der Waals surface area contributed by atoms with Crippen molar-refractivity contribution in [3.63, 3.8) is 0 Å². The number of halogens is 2. The van der Waals surface area contributed by atoms with Gasteiger partial charge >= 0.3 is 0 Å². The molecule has 172 valence electrons. The van der Waals surface area contributed by atoms with E-state index in [1.54, 1.807) is 37.0 Å². The highest BCUT2D eigenvalue weighted by molar-refractivity contribution is 7.21. The van der Waals surface area contributed by atoms with Crippen LogP contribution in [0.1, 0.15) is 40.1 Å². The number of aromatic nitrogens is 5. The molecule has 3 N–H and O–H groups in total. The molecule has 9 nitrogen and oxygen atoms in total. The average Bonchev–Trinajstić information content (AvgIpc) is 3.44. The summed E-state index contributed by atoms with van der Waals surface area (Å²) in [5.74, 6) is -1.25. The van der Waals surface area contributed by atoms with Crippen molar-refractivity contribution in [2.24, 2.45) is 5.73 Å². The standard InChI is InChI=1S/C21H21F2N7O2S/c1-4-29-8-13(11(3)28-29)12-7-14(19(22)23)26-21-16(12)17(18(33-21)20(24)32)27-15(31)9-30-10(2)5-6-25-30/h5-8,19H,4,9H2,1-3H3,(H2,24,32)(H,27,31). The van der Waals surface area contributed by atoms with E-state index in [1.807, 2.05) is 6.92 Å². The molecule has 0 aliphatic carbocycles. The summed E-state index contributed by atoms with van der Waals surface area (Å²) in [7, 11) is 0. The minimum Gasteiger partial charge on any atom is -0.365 e. The van der Waals surface area contributed by atoms with Crippen molar-refractivity contribution in [2.75, 3.05) is 5.32 Å². The van der Waals surface area contributed by atoms with Gasteiger partial charge in [-0.05, 0) is 38.5 Å². The second kappa shape index (κ2) is 8.70. The van der Waals surface area contributed by atoms with E-state index >= 15 is 0 Å². The van der Waals surface area contributed by atoms with Crippen LogP contribution in [-0.2, 0) is 17.9 Å². The monoisotopic (exact) mass is 473 g/mol. The molecule has 33 heavy (non-hydrogen) atoms. The predicted molar refractivity (Wildman–Crippen MR) is 120 cm³/mol. The molecule has 0 bridgehead atoms. The topological polar surface area (TPSA) is 121 Å². The van der Waals surface area contributed by atoms with Crippen LogP contribution in [0.4, 0.5) is 14.5 Å². The fourth-order valence-electron chi connectivity index (χ4n) is 3.56. The van der Waals surface area contributed by atoms with E-state index in [0.717, 1.165) is 17.0 Å². The lowest BCUT2D eigenvalue weighted by Gasteiger charge is -2.11. The number of pyridine rings is 1. The number of carbonyl (C=O) groups is 2. The van der Waals surface area contributed by atoms with Gasteiger partial charge in [-0.15, -0.1) is 11.3 Å². The van der Waals surface area contributed by atoms with Crippen LogP contribution in [0.15, 0.2) is 24.5 Å². The van der Waals surface area contributed by atoms with Crippen LogP contribution in [0.2, 0.25) is 0 Å².